The van der Waals surface area contributed by atoms with Gasteiger partial charge in [-0.05, 0) is 46.5 Å². The third-order valence-electron chi connectivity index (χ3n) is 7.24. The molecule has 0 amide bonds. The van der Waals surface area contributed by atoms with Crippen LogP contribution in [-0.2, 0) is 7.05 Å². The number of rotatable bonds is 3. The van der Waals surface area contributed by atoms with Gasteiger partial charge in [0.25, 0.3) is 0 Å². The molecule has 6 rings (SSSR count). The summed E-state index contributed by atoms with van der Waals surface area (Å²) in [5, 5.41) is 6.34. The van der Waals surface area contributed by atoms with Gasteiger partial charge in [0.2, 0.25) is 5.69 Å². The maximum Gasteiger partial charge on any atom is 0.216 e. The second-order valence-electron chi connectivity index (χ2n) is 10.6. The van der Waals surface area contributed by atoms with Crippen molar-refractivity contribution in [2.45, 2.75) is 26.6 Å². The van der Waals surface area contributed by atoms with Crippen LogP contribution in [0.4, 0.5) is 0 Å². The summed E-state index contributed by atoms with van der Waals surface area (Å²) in [5.74, 6) is 0. The Kier molecular flexibility index (Phi) is 4.94. The zero-order valence-corrected chi connectivity index (χ0v) is 22.0. The van der Waals surface area contributed by atoms with Crippen LogP contribution in [0.5, 0.6) is 0 Å². The molecule has 0 fully saturated rings. The van der Waals surface area contributed by atoms with Gasteiger partial charge >= 0.3 is 0 Å². The minimum atomic E-state index is -1.32. The molecule has 3 heteroatoms. The van der Waals surface area contributed by atoms with E-state index < -0.39 is 8.07 Å². The van der Waals surface area contributed by atoms with Crippen molar-refractivity contribution in [2.75, 3.05) is 0 Å². The Hall–Kier alpha value is -3.69. The lowest BCUT2D eigenvalue weighted by Crippen LogP contribution is -2.37. The van der Waals surface area contributed by atoms with Gasteiger partial charge in [-0.3, -0.25) is 0 Å². The summed E-state index contributed by atoms with van der Waals surface area (Å²) in [6, 6.07) is 31.0. The van der Waals surface area contributed by atoms with E-state index in [0.29, 0.717) is 0 Å². The molecule has 6 aromatic rings. The number of hydrogen-bond acceptors (Lipinski definition) is 1. The van der Waals surface area contributed by atoms with E-state index in [1.54, 1.807) is 0 Å². The first-order valence-corrected chi connectivity index (χ1v) is 15.8. The highest BCUT2D eigenvalue weighted by atomic mass is 28.3. The first-order valence-electron chi connectivity index (χ1n) is 12.3. The summed E-state index contributed by atoms with van der Waals surface area (Å²) in [7, 11) is 0.764. The van der Waals surface area contributed by atoms with Gasteiger partial charge in [0.1, 0.15) is 18.2 Å². The Labute approximate surface area is 207 Å². The highest BCUT2D eigenvalue weighted by molar-refractivity contribution is 6.88. The summed E-state index contributed by atoms with van der Waals surface area (Å²) in [5.41, 5.74) is 7.95. The Morgan fingerprint density at radius 1 is 0.714 bits per heavy atom. The molecule has 0 aliphatic carbocycles. The van der Waals surface area contributed by atoms with Crippen LogP contribution < -0.4 is 9.75 Å². The smallest absolute Gasteiger partial charge is 0.216 e. The van der Waals surface area contributed by atoms with Crippen LogP contribution in [0.15, 0.2) is 95.5 Å². The van der Waals surface area contributed by atoms with Crippen molar-refractivity contribution in [2.24, 2.45) is 7.05 Å². The van der Waals surface area contributed by atoms with Gasteiger partial charge in [-0.2, -0.15) is 0 Å². The Bertz CT molecular complexity index is 1740. The molecule has 2 heterocycles. The lowest BCUT2D eigenvalue weighted by atomic mass is 9.94. The second kappa shape index (κ2) is 7.93. The highest BCUT2D eigenvalue weighted by Gasteiger charge is 2.21. The Morgan fingerprint density at radius 3 is 2.23 bits per heavy atom. The number of fused-ring (bicyclic) bond motifs is 5. The van der Waals surface area contributed by atoms with E-state index in [2.05, 4.69) is 129 Å². The van der Waals surface area contributed by atoms with Gasteiger partial charge in [0.15, 0.2) is 6.20 Å². The Balaban J connectivity index is 1.62. The fourth-order valence-corrected chi connectivity index (χ4v) is 6.46. The largest absolute Gasteiger partial charge is 0.455 e. The predicted molar refractivity (Wildman–Crippen MR) is 151 cm³/mol. The third-order valence-corrected chi connectivity index (χ3v) is 9.31. The number of furan rings is 1. The zero-order valence-electron chi connectivity index (χ0n) is 21.0. The van der Waals surface area contributed by atoms with Crippen LogP contribution in [0, 0.1) is 6.92 Å². The van der Waals surface area contributed by atoms with E-state index in [0.717, 1.165) is 22.4 Å². The van der Waals surface area contributed by atoms with Crippen LogP contribution >= 0.6 is 0 Å². The van der Waals surface area contributed by atoms with E-state index in [1.165, 1.54) is 43.4 Å². The SMILES string of the molecule is Cc1ccc2c(oc3ccc4c(-c5ccc([Si](C)(C)C)cc5)cccc4c32)c1-c1cccc[n+]1C. The highest BCUT2D eigenvalue weighted by Crippen LogP contribution is 2.41. The molecule has 0 bridgehead atoms. The summed E-state index contributed by atoms with van der Waals surface area (Å²) in [4.78, 5) is 0. The summed E-state index contributed by atoms with van der Waals surface area (Å²) < 4.78 is 8.73. The third kappa shape index (κ3) is 3.50. The predicted octanol–water partition coefficient (Wildman–Crippen LogP) is 7.75. The van der Waals surface area contributed by atoms with E-state index >= 15 is 0 Å². The molecule has 0 N–H and O–H groups in total. The molecule has 0 atom stereocenters. The molecular weight excluding hydrogens is 442 g/mol. The topological polar surface area (TPSA) is 17.0 Å². The number of aromatic nitrogens is 1. The maximum atomic E-state index is 6.57. The minimum absolute atomic E-state index is 0.934. The fraction of sp³-hybridized carbons (Fsp3) is 0.156. The molecule has 0 unspecified atom stereocenters. The molecule has 0 saturated heterocycles. The van der Waals surface area contributed by atoms with E-state index in [9.17, 15) is 0 Å². The van der Waals surface area contributed by atoms with Crippen molar-refractivity contribution in [3.63, 3.8) is 0 Å². The standard InChI is InChI=1S/C32H30NOSi/c1-21-12-17-27-31-26-10-8-9-24(22-13-15-23(16-14-22)35(3,4)5)25(26)18-19-29(31)34-32(27)30(21)28-11-6-7-20-33(28)2/h6-20H,1-5H3/q+1. The van der Waals surface area contributed by atoms with Gasteiger partial charge in [-0.15, -0.1) is 0 Å². The lowest BCUT2D eigenvalue weighted by molar-refractivity contribution is -0.660. The lowest BCUT2D eigenvalue weighted by Gasteiger charge is -2.17. The van der Waals surface area contributed by atoms with Crippen molar-refractivity contribution in [3.8, 4) is 22.4 Å². The van der Waals surface area contributed by atoms with Crippen molar-refractivity contribution >= 4 is 46.0 Å². The molecule has 0 aliphatic heterocycles. The average molecular weight is 473 g/mol. The van der Waals surface area contributed by atoms with Crippen molar-refractivity contribution < 1.29 is 8.98 Å². The van der Waals surface area contributed by atoms with E-state index in [4.69, 9.17) is 4.42 Å². The van der Waals surface area contributed by atoms with Gasteiger partial charge in [0.05, 0.1) is 13.6 Å². The molecule has 0 spiro atoms. The van der Waals surface area contributed by atoms with Crippen LogP contribution in [-0.4, -0.2) is 8.07 Å². The van der Waals surface area contributed by atoms with Crippen LogP contribution in [0.3, 0.4) is 0 Å². The normalized spacial score (nSPS) is 12.1. The van der Waals surface area contributed by atoms with E-state index in [-0.39, 0.29) is 0 Å². The fourth-order valence-electron chi connectivity index (χ4n) is 5.30. The van der Waals surface area contributed by atoms with Gasteiger partial charge in [-0.25, -0.2) is 4.57 Å². The second-order valence-corrected chi connectivity index (χ2v) is 15.7. The first kappa shape index (κ1) is 21.8. The number of aryl methyl sites for hydroxylation is 2. The quantitative estimate of drug-likeness (QED) is 0.190. The number of benzene rings is 4. The van der Waals surface area contributed by atoms with Crippen LogP contribution in [0.2, 0.25) is 19.6 Å². The maximum absolute atomic E-state index is 6.57. The molecule has 2 aromatic heterocycles. The molecule has 172 valence electrons. The van der Waals surface area contributed by atoms with Crippen LogP contribution in [0.1, 0.15) is 5.56 Å². The number of pyridine rings is 1. The molecule has 0 aliphatic rings. The monoisotopic (exact) mass is 472 g/mol. The average Bonchev–Trinajstić information content (AvgIpc) is 3.23. The molecule has 0 saturated carbocycles. The van der Waals surface area contributed by atoms with Gasteiger partial charge in [0, 0.05) is 22.9 Å². The van der Waals surface area contributed by atoms with Crippen LogP contribution in [0.25, 0.3) is 55.1 Å². The van der Waals surface area contributed by atoms with Crippen molar-refractivity contribution in [1.29, 1.82) is 0 Å². The van der Waals surface area contributed by atoms with E-state index in [1.807, 2.05) is 0 Å². The molecule has 0 radical (unpaired) electrons. The Morgan fingerprint density at radius 2 is 1.49 bits per heavy atom. The molecular formula is C32H30NOSi+. The van der Waals surface area contributed by atoms with Gasteiger partial charge < -0.3 is 4.42 Å². The van der Waals surface area contributed by atoms with Crippen molar-refractivity contribution in [3.05, 3.63) is 96.7 Å². The first-order chi connectivity index (χ1) is 16.8. The summed E-state index contributed by atoms with van der Waals surface area (Å²) >= 11 is 0. The number of nitrogens with zero attached hydrogens (tertiary/aromatic N) is 1. The zero-order chi connectivity index (χ0) is 24.3. The van der Waals surface area contributed by atoms with Gasteiger partial charge in [-0.1, -0.05) is 85.5 Å². The molecule has 35 heavy (non-hydrogen) atoms. The number of hydrogen-bond donors (Lipinski definition) is 0. The van der Waals surface area contributed by atoms with Crippen molar-refractivity contribution in [1.82, 2.24) is 0 Å². The molecule has 2 nitrogen and oxygen atoms in total. The minimum Gasteiger partial charge on any atom is -0.455 e. The summed E-state index contributed by atoms with van der Waals surface area (Å²) in [6.45, 7) is 9.35. The summed E-state index contributed by atoms with van der Waals surface area (Å²) in [6.07, 6.45) is 2.09. The molecule has 4 aromatic carbocycles.